The normalized spacial score (nSPS) is 21.9. The Balaban J connectivity index is 0.00000441. The van der Waals surface area contributed by atoms with Gasteiger partial charge >= 0.3 is 0 Å². The summed E-state index contributed by atoms with van der Waals surface area (Å²) in [7, 11) is 3.54. The van der Waals surface area contributed by atoms with E-state index in [9.17, 15) is 0 Å². The van der Waals surface area contributed by atoms with Gasteiger partial charge in [-0.3, -0.25) is 9.89 Å². The molecule has 0 spiro atoms. The lowest BCUT2D eigenvalue weighted by atomic mass is 9.99. The monoisotopic (exact) mass is 426 g/mol. The average molecular weight is 426 g/mol. The molecular weight excluding hydrogens is 391 g/mol. The molecule has 0 radical (unpaired) electrons. The summed E-state index contributed by atoms with van der Waals surface area (Å²) in [5.41, 5.74) is -0.189. The van der Waals surface area contributed by atoms with Crippen LogP contribution in [0.5, 0.6) is 0 Å². The summed E-state index contributed by atoms with van der Waals surface area (Å²) < 4.78 is 5.41. The van der Waals surface area contributed by atoms with Crippen molar-refractivity contribution in [2.75, 3.05) is 40.3 Å². The Morgan fingerprint density at radius 3 is 2.64 bits per heavy atom. The highest BCUT2D eigenvalue weighted by Crippen LogP contribution is 2.17. The molecule has 22 heavy (non-hydrogen) atoms. The number of methoxy groups -OCH3 is 1. The number of nitrogens with one attached hydrogen (secondary N) is 2. The van der Waals surface area contributed by atoms with Crippen molar-refractivity contribution in [1.82, 2.24) is 15.5 Å². The van der Waals surface area contributed by atoms with E-state index in [2.05, 4.69) is 48.2 Å². The maximum atomic E-state index is 5.41. The van der Waals surface area contributed by atoms with E-state index in [0.717, 1.165) is 25.0 Å². The van der Waals surface area contributed by atoms with Gasteiger partial charge in [0.2, 0.25) is 0 Å². The van der Waals surface area contributed by atoms with Crippen molar-refractivity contribution in [3.63, 3.8) is 0 Å². The first-order valence-corrected chi connectivity index (χ1v) is 8.11. The molecule has 0 aromatic carbocycles. The van der Waals surface area contributed by atoms with Crippen LogP contribution >= 0.6 is 24.0 Å². The number of halogens is 1. The van der Waals surface area contributed by atoms with Crippen molar-refractivity contribution < 1.29 is 4.74 Å². The highest BCUT2D eigenvalue weighted by Gasteiger charge is 2.21. The van der Waals surface area contributed by atoms with Crippen molar-refractivity contribution in [3.8, 4) is 0 Å². The van der Waals surface area contributed by atoms with Crippen LogP contribution in [-0.2, 0) is 4.74 Å². The Hall–Kier alpha value is -0.0800. The quantitative estimate of drug-likeness (QED) is 0.389. The first kappa shape index (κ1) is 21.9. The second kappa shape index (κ2) is 10.6. The fraction of sp³-hybridized carbons (Fsp3) is 0.938. The number of hydrogen-bond donors (Lipinski definition) is 2. The zero-order valence-corrected chi connectivity index (χ0v) is 17.4. The third-order valence-electron chi connectivity index (χ3n) is 4.33. The number of nitrogens with zero attached hydrogens (tertiary/aromatic N) is 2. The molecule has 1 heterocycles. The fourth-order valence-corrected chi connectivity index (χ4v) is 2.59. The Kier molecular flexibility index (Phi) is 10.6. The predicted molar refractivity (Wildman–Crippen MR) is 105 cm³/mol. The zero-order valence-electron chi connectivity index (χ0n) is 15.1. The molecule has 1 saturated heterocycles. The van der Waals surface area contributed by atoms with Crippen LogP contribution in [0.25, 0.3) is 0 Å². The van der Waals surface area contributed by atoms with E-state index in [1.54, 1.807) is 7.11 Å². The van der Waals surface area contributed by atoms with Crippen LogP contribution in [0.1, 0.15) is 40.5 Å². The van der Waals surface area contributed by atoms with Gasteiger partial charge in [0.1, 0.15) is 0 Å². The first-order chi connectivity index (χ1) is 9.88. The van der Waals surface area contributed by atoms with E-state index < -0.39 is 0 Å². The zero-order chi connectivity index (χ0) is 15.9. The first-order valence-electron chi connectivity index (χ1n) is 8.11. The van der Waals surface area contributed by atoms with Crippen molar-refractivity contribution in [2.45, 2.75) is 52.2 Å². The van der Waals surface area contributed by atoms with Crippen molar-refractivity contribution in [2.24, 2.45) is 10.9 Å². The fourth-order valence-electron chi connectivity index (χ4n) is 2.59. The number of hydrogen-bond acceptors (Lipinski definition) is 3. The van der Waals surface area contributed by atoms with Crippen molar-refractivity contribution >= 4 is 29.9 Å². The minimum Gasteiger partial charge on any atom is -0.377 e. The molecule has 132 valence electrons. The van der Waals surface area contributed by atoms with E-state index in [4.69, 9.17) is 4.74 Å². The summed E-state index contributed by atoms with van der Waals surface area (Å²) in [4.78, 5) is 6.85. The van der Waals surface area contributed by atoms with Crippen LogP contribution in [0.3, 0.4) is 0 Å². The number of aliphatic imine (C=N–C) groups is 1. The highest BCUT2D eigenvalue weighted by atomic mass is 127. The lowest BCUT2D eigenvalue weighted by Crippen LogP contribution is -2.50. The summed E-state index contributed by atoms with van der Waals surface area (Å²) in [6.45, 7) is 12.8. The molecule has 5 nitrogen and oxygen atoms in total. The van der Waals surface area contributed by atoms with E-state index in [-0.39, 0.29) is 29.6 Å². The molecular formula is C16H35IN4O. The van der Waals surface area contributed by atoms with Crippen LogP contribution in [0.15, 0.2) is 4.99 Å². The topological polar surface area (TPSA) is 48.9 Å². The summed E-state index contributed by atoms with van der Waals surface area (Å²) in [6.07, 6.45) is 2.69. The Labute approximate surface area is 153 Å². The average Bonchev–Trinajstić information content (AvgIpc) is 2.47. The number of rotatable bonds is 6. The minimum atomic E-state index is -0.189. The number of piperidine rings is 1. The van der Waals surface area contributed by atoms with E-state index in [1.807, 2.05) is 7.05 Å². The molecule has 0 bridgehead atoms. The van der Waals surface area contributed by atoms with Gasteiger partial charge in [0.15, 0.2) is 5.96 Å². The second-order valence-electron chi connectivity index (χ2n) is 6.86. The maximum absolute atomic E-state index is 5.41. The maximum Gasteiger partial charge on any atom is 0.191 e. The number of likely N-dealkylation sites (tertiary alicyclic amines) is 1. The van der Waals surface area contributed by atoms with Crippen molar-refractivity contribution in [3.05, 3.63) is 0 Å². The SMILES string of the molecule is CN=C(NCC(C)N1CCCC(C)C1)NCC(C)(C)OC.I. The molecule has 0 saturated carbocycles. The van der Waals surface area contributed by atoms with Gasteiger partial charge < -0.3 is 15.4 Å². The minimum absolute atomic E-state index is 0. The third kappa shape index (κ3) is 7.97. The lowest BCUT2D eigenvalue weighted by molar-refractivity contribution is 0.0268. The van der Waals surface area contributed by atoms with E-state index >= 15 is 0 Å². The molecule has 0 amide bonds. The smallest absolute Gasteiger partial charge is 0.191 e. The van der Waals surface area contributed by atoms with Gasteiger partial charge in [-0.05, 0) is 46.1 Å². The van der Waals surface area contributed by atoms with Crippen LogP contribution in [-0.4, -0.2) is 62.8 Å². The van der Waals surface area contributed by atoms with E-state index in [1.165, 1.54) is 25.9 Å². The standard InChI is InChI=1S/C16H34N4O.HI/c1-13-8-7-9-20(11-13)14(2)10-18-15(17-5)19-12-16(3,4)21-6;/h13-14H,7-12H2,1-6H3,(H2,17,18,19);1H. The van der Waals surface area contributed by atoms with Gasteiger partial charge in [0.05, 0.1) is 5.60 Å². The molecule has 1 fully saturated rings. The third-order valence-corrected chi connectivity index (χ3v) is 4.33. The molecule has 0 aromatic rings. The molecule has 6 heteroatoms. The van der Waals surface area contributed by atoms with Crippen LogP contribution in [0.2, 0.25) is 0 Å². The summed E-state index contributed by atoms with van der Waals surface area (Å²) in [5, 5.41) is 6.74. The largest absolute Gasteiger partial charge is 0.377 e. The number of guanidine groups is 1. The van der Waals surface area contributed by atoms with Gasteiger partial charge in [-0.1, -0.05) is 6.92 Å². The Morgan fingerprint density at radius 2 is 2.09 bits per heavy atom. The molecule has 0 aromatic heterocycles. The molecule has 1 aliphatic heterocycles. The van der Waals surface area contributed by atoms with Gasteiger partial charge in [0, 0.05) is 39.8 Å². The van der Waals surface area contributed by atoms with Gasteiger partial charge in [-0.15, -0.1) is 24.0 Å². The number of ether oxygens (including phenoxy) is 1. The highest BCUT2D eigenvalue weighted by molar-refractivity contribution is 14.0. The molecule has 0 aliphatic carbocycles. The van der Waals surface area contributed by atoms with Gasteiger partial charge in [0.25, 0.3) is 0 Å². The Bertz CT molecular complexity index is 336. The molecule has 1 aliphatic rings. The lowest BCUT2D eigenvalue weighted by Gasteiger charge is -2.36. The van der Waals surface area contributed by atoms with Gasteiger partial charge in [-0.25, -0.2) is 0 Å². The van der Waals surface area contributed by atoms with E-state index in [0.29, 0.717) is 6.04 Å². The molecule has 2 unspecified atom stereocenters. The molecule has 2 N–H and O–H groups in total. The molecule has 1 rings (SSSR count). The van der Waals surface area contributed by atoms with Gasteiger partial charge in [-0.2, -0.15) is 0 Å². The Morgan fingerprint density at radius 1 is 1.41 bits per heavy atom. The van der Waals surface area contributed by atoms with Crippen LogP contribution < -0.4 is 10.6 Å². The summed E-state index contributed by atoms with van der Waals surface area (Å²) in [6, 6.07) is 0.529. The molecule has 2 atom stereocenters. The van der Waals surface area contributed by atoms with Crippen LogP contribution in [0, 0.1) is 5.92 Å². The summed E-state index contributed by atoms with van der Waals surface area (Å²) in [5.74, 6) is 1.66. The predicted octanol–water partition coefficient (Wildman–Crippen LogP) is 2.31. The second-order valence-corrected chi connectivity index (χ2v) is 6.86. The summed E-state index contributed by atoms with van der Waals surface area (Å²) >= 11 is 0. The van der Waals surface area contributed by atoms with Crippen molar-refractivity contribution in [1.29, 1.82) is 0 Å². The van der Waals surface area contributed by atoms with Crippen LogP contribution in [0.4, 0.5) is 0 Å².